The van der Waals surface area contributed by atoms with Gasteiger partial charge in [-0.2, -0.15) is 0 Å². The van der Waals surface area contributed by atoms with Crippen LogP contribution in [0.4, 0.5) is 0 Å². The molecule has 0 heterocycles. The van der Waals surface area contributed by atoms with Crippen LogP contribution in [0, 0.1) is 23.2 Å². The van der Waals surface area contributed by atoms with E-state index in [1.165, 1.54) is 56.1 Å². The predicted octanol–water partition coefficient (Wildman–Crippen LogP) is 5.42. The Kier molecular flexibility index (Phi) is 4.60. The number of benzene rings is 1. The molecule has 0 bridgehead atoms. The third-order valence-electron chi connectivity index (χ3n) is 7.96. The van der Waals surface area contributed by atoms with Gasteiger partial charge in [0.2, 0.25) is 0 Å². The lowest BCUT2D eigenvalue weighted by Gasteiger charge is -2.54. The largest absolute Gasteiger partial charge is 0.508 e. The summed E-state index contributed by atoms with van der Waals surface area (Å²) in [6.07, 6.45) is 10.8. The van der Waals surface area contributed by atoms with Gasteiger partial charge in [-0.1, -0.05) is 39.2 Å². The average Bonchev–Trinajstić information content (AvgIpc) is 2.89. The first-order chi connectivity index (χ1) is 12.0. The normalized spacial score (nSPS) is 39.6. The van der Waals surface area contributed by atoms with Crippen molar-refractivity contribution in [1.82, 2.24) is 0 Å². The molecule has 0 aliphatic heterocycles. The van der Waals surface area contributed by atoms with E-state index in [0.29, 0.717) is 23.5 Å². The summed E-state index contributed by atoms with van der Waals surface area (Å²) in [7, 11) is 0. The number of fused-ring (bicyclic) bond motifs is 5. The van der Waals surface area contributed by atoms with Crippen molar-refractivity contribution < 1.29 is 10.2 Å². The summed E-state index contributed by atoms with van der Waals surface area (Å²) >= 11 is 0. The average molecular weight is 343 g/mol. The van der Waals surface area contributed by atoms with Crippen molar-refractivity contribution in [3.63, 3.8) is 0 Å². The molecule has 1 aromatic carbocycles. The summed E-state index contributed by atoms with van der Waals surface area (Å²) in [5, 5.41) is 20.7. The molecule has 138 valence electrons. The van der Waals surface area contributed by atoms with E-state index >= 15 is 0 Å². The van der Waals surface area contributed by atoms with E-state index in [-0.39, 0.29) is 11.5 Å². The highest BCUT2D eigenvalue weighted by Gasteiger charge is 2.57. The van der Waals surface area contributed by atoms with Crippen molar-refractivity contribution in [2.24, 2.45) is 23.2 Å². The fraction of sp³-hybridized carbons (Fsp3) is 0.739. The highest BCUT2D eigenvalue weighted by Crippen LogP contribution is 2.63. The van der Waals surface area contributed by atoms with Crippen LogP contribution in [-0.2, 0) is 6.42 Å². The summed E-state index contributed by atoms with van der Waals surface area (Å²) in [5.41, 5.74) is 3.02. The van der Waals surface area contributed by atoms with Gasteiger partial charge in [0.05, 0.1) is 6.10 Å². The number of hydrogen-bond acceptors (Lipinski definition) is 2. The lowest BCUT2D eigenvalue weighted by atomic mass is 9.51. The second-order valence-electron chi connectivity index (χ2n) is 9.28. The Hall–Kier alpha value is -1.02. The molecule has 3 aliphatic rings. The molecule has 25 heavy (non-hydrogen) atoms. The smallest absolute Gasteiger partial charge is 0.115 e. The molecule has 2 fully saturated rings. The van der Waals surface area contributed by atoms with E-state index in [1.807, 2.05) is 12.1 Å². The number of rotatable bonds is 4. The van der Waals surface area contributed by atoms with Crippen molar-refractivity contribution in [1.29, 1.82) is 0 Å². The van der Waals surface area contributed by atoms with Gasteiger partial charge in [-0.3, -0.25) is 0 Å². The van der Waals surface area contributed by atoms with Crippen LogP contribution in [0.3, 0.4) is 0 Å². The minimum absolute atomic E-state index is 0.103. The molecule has 0 saturated heterocycles. The molecule has 1 aromatic rings. The zero-order valence-electron chi connectivity index (χ0n) is 15.9. The Bertz CT molecular complexity index is 625. The number of phenols is 1. The van der Waals surface area contributed by atoms with E-state index in [9.17, 15) is 10.2 Å². The summed E-state index contributed by atoms with van der Waals surface area (Å²) in [6.45, 7) is 4.66. The maximum Gasteiger partial charge on any atom is 0.115 e. The zero-order chi connectivity index (χ0) is 17.6. The first-order valence-electron chi connectivity index (χ1n) is 10.5. The van der Waals surface area contributed by atoms with Crippen LogP contribution in [0.5, 0.6) is 5.75 Å². The van der Waals surface area contributed by atoms with E-state index in [0.717, 1.165) is 18.8 Å². The first kappa shape index (κ1) is 17.4. The van der Waals surface area contributed by atoms with Gasteiger partial charge in [-0.25, -0.2) is 0 Å². The molecule has 0 spiro atoms. The molecular weight excluding hydrogens is 308 g/mol. The Balaban J connectivity index is 1.70. The molecule has 2 N–H and O–H groups in total. The van der Waals surface area contributed by atoms with Crippen molar-refractivity contribution in [2.75, 3.05) is 0 Å². The molecule has 0 unspecified atom stereocenters. The third-order valence-corrected chi connectivity index (χ3v) is 7.96. The summed E-state index contributed by atoms with van der Waals surface area (Å²) in [5.74, 6) is 3.15. The van der Waals surface area contributed by atoms with Crippen molar-refractivity contribution >= 4 is 0 Å². The van der Waals surface area contributed by atoms with E-state index in [4.69, 9.17) is 0 Å². The third kappa shape index (κ3) is 2.81. The van der Waals surface area contributed by atoms with Crippen LogP contribution < -0.4 is 0 Å². The first-order valence-corrected chi connectivity index (χ1v) is 10.5. The van der Waals surface area contributed by atoms with Crippen LogP contribution in [-0.4, -0.2) is 16.3 Å². The molecule has 6 atom stereocenters. The van der Waals surface area contributed by atoms with E-state index < -0.39 is 0 Å². The Morgan fingerprint density at radius 1 is 1.16 bits per heavy atom. The van der Waals surface area contributed by atoms with Gasteiger partial charge in [0.25, 0.3) is 0 Å². The summed E-state index contributed by atoms with van der Waals surface area (Å²) in [6, 6.07) is 6.11. The van der Waals surface area contributed by atoms with Gasteiger partial charge in [0.15, 0.2) is 0 Å². The van der Waals surface area contributed by atoms with Gasteiger partial charge < -0.3 is 10.2 Å². The lowest BCUT2D eigenvalue weighted by molar-refractivity contribution is -0.0501. The Morgan fingerprint density at radius 3 is 2.80 bits per heavy atom. The van der Waals surface area contributed by atoms with Gasteiger partial charge >= 0.3 is 0 Å². The van der Waals surface area contributed by atoms with Crippen LogP contribution >= 0.6 is 0 Å². The maximum absolute atomic E-state index is 10.8. The molecule has 0 amide bonds. The number of aromatic hydroxyl groups is 1. The number of phenolic OH excluding ortho intramolecular Hbond substituents is 1. The van der Waals surface area contributed by atoms with Crippen LogP contribution in [0.15, 0.2) is 18.2 Å². The molecule has 2 saturated carbocycles. The van der Waals surface area contributed by atoms with Crippen molar-refractivity contribution in [3.8, 4) is 5.75 Å². The van der Waals surface area contributed by atoms with Gasteiger partial charge in [-0.15, -0.1) is 0 Å². The topological polar surface area (TPSA) is 40.5 Å². The standard InChI is InChI=1S/C23H34O2/c1-3-4-5-6-16-14-23(2)20(11-12-21(23)25)19-9-7-15-13-17(24)8-10-18(15)22(16)19/h8,10,13,16,19-22,24-25H,3-7,9,11-12,14H2,1-2H3/t16-,19-,20-,21-,22+,23-/m0/s1. The van der Waals surface area contributed by atoms with Crippen LogP contribution in [0.1, 0.15) is 82.3 Å². The number of unbranched alkanes of at least 4 members (excludes halogenated alkanes) is 2. The molecule has 2 heteroatoms. The lowest BCUT2D eigenvalue weighted by Crippen LogP contribution is -2.47. The van der Waals surface area contributed by atoms with Gasteiger partial charge in [0, 0.05) is 0 Å². The summed E-state index contributed by atoms with van der Waals surface area (Å²) in [4.78, 5) is 0. The van der Waals surface area contributed by atoms with Gasteiger partial charge in [0.1, 0.15) is 5.75 Å². The Labute approximate surface area is 152 Å². The second kappa shape index (κ2) is 6.61. The number of aryl methyl sites for hydroxylation is 1. The summed E-state index contributed by atoms with van der Waals surface area (Å²) < 4.78 is 0. The monoisotopic (exact) mass is 342 g/mol. The fourth-order valence-corrected chi connectivity index (χ4v) is 6.79. The predicted molar refractivity (Wildman–Crippen MR) is 102 cm³/mol. The fourth-order valence-electron chi connectivity index (χ4n) is 6.79. The minimum Gasteiger partial charge on any atom is -0.508 e. The molecule has 2 nitrogen and oxygen atoms in total. The highest BCUT2D eigenvalue weighted by molar-refractivity contribution is 5.40. The molecule has 0 radical (unpaired) electrons. The molecule has 3 aliphatic carbocycles. The number of aliphatic hydroxyl groups excluding tert-OH is 1. The molecule has 4 rings (SSSR count). The van der Waals surface area contributed by atoms with Crippen molar-refractivity contribution in [3.05, 3.63) is 29.3 Å². The Morgan fingerprint density at radius 2 is 2.00 bits per heavy atom. The zero-order valence-corrected chi connectivity index (χ0v) is 15.9. The SMILES string of the molecule is CCCCC[C@H]1C[C@]2(C)[C@@H](O)CC[C@H]2[C@@H]2CCc3cc(O)ccc3[C@@H]12. The van der Waals surface area contributed by atoms with Gasteiger partial charge in [-0.05, 0) is 90.9 Å². The van der Waals surface area contributed by atoms with Crippen LogP contribution in [0.2, 0.25) is 0 Å². The number of hydrogen-bond donors (Lipinski definition) is 2. The van der Waals surface area contributed by atoms with E-state index in [1.54, 1.807) is 0 Å². The highest BCUT2D eigenvalue weighted by atomic mass is 16.3. The molecule has 0 aromatic heterocycles. The minimum atomic E-state index is -0.103. The number of aliphatic hydroxyl groups is 1. The van der Waals surface area contributed by atoms with Crippen LogP contribution in [0.25, 0.3) is 0 Å². The van der Waals surface area contributed by atoms with Crippen molar-refractivity contribution in [2.45, 2.75) is 83.7 Å². The van der Waals surface area contributed by atoms with E-state index in [2.05, 4.69) is 19.9 Å². The quantitative estimate of drug-likeness (QED) is 0.718. The maximum atomic E-state index is 10.8. The molecular formula is C23H34O2. The second-order valence-corrected chi connectivity index (χ2v) is 9.28.